The summed E-state index contributed by atoms with van der Waals surface area (Å²) in [5.41, 5.74) is 0. The SMILES string of the molecule is CCCCCC[C@H]1CCC(=O)[C@@H]1CCCCCCC(=O)OC(C)C. The van der Waals surface area contributed by atoms with E-state index in [1.54, 1.807) is 0 Å². The Balaban J connectivity index is 2.11. The third-order valence-electron chi connectivity index (χ3n) is 5.19. The average Bonchev–Trinajstić information content (AvgIpc) is 2.87. The van der Waals surface area contributed by atoms with E-state index in [0.717, 1.165) is 44.9 Å². The summed E-state index contributed by atoms with van der Waals surface area (Å²) in [6.07, 6.45) is 14.2. The topological polar surface area (TPSA) is 43.4 Å². The molecule has 1 rings (SSSR count). The molecule has 0 saturated heterocycles. The Morgan fingerprint density at radius 3 is 2.42 bits per heavy atom. The van der Waals surface area contributed by atoms with Crippen molar-refractivity contribution in [3.63, 3.8) is 0 Å². The van der Waals surface area contributed by atoms with Gasteiger partial charge in [0.2, 0.25) is 0 Å². The zero-order chi connectivity index (χ0) is 17.8. The maximum Gasteiger partial charge on any atom is 0.306 e. The van der Waals surface area contributed by atoms with Crippen molar-refractivity contribution in [1.82, 2.24) is 0 Å². The third kappa shape index (κ3) is 8.84. The fourth-order valence-corrected chi connectivity index (χ4v) is 3.86. The van der Waals surface area contributed by atoms with Crippen LogP contribution < -0.4 is 0 Å². The van der Waals surface area contributed by atoms with E-state index in [1.807, 2.05) is 13.8 Å². The summed E-state index contributed by atoms with van der Waals surface area (Å²) in [7, 11) is 0. The Labute approximate surface area is 148 Å². The van der Waals surface area contributed by atoms with Crippen LogP contribution in [0.5, 0.6) is 0 Å². The van der Waals surface area contributed by atoms with Crippen LogP contribution in [0.1, 0.15) is 104 Å². The summed E-state index contributed by atoms with van der Waals surface area (Å²) in [4.78, 5) is 23.6. The van der Waals surface area contributed by atoms with E-state index in [1.165, 1.54) is 32.1 Å². The van der Waals surface area contributed by atoms with Gasteiger partial charge in [0.25, 0.3) is 0 Å². The van der Waals surface area contributed by atoms with Crippen molar-refractivity contribution < 1.29 is 14.3 Å². The Bertz CT molecular complexity index is 362. The quantitative estimate of drug-likeness (QED) is 0.313. The molecule has 0 aromatic heterocycles. The van der Waals surface area contributed by atoms with Gasteiger partial charge in [-0.3, -0.25) is 9.59 Å². The smallest absolute Gasteiger partial charge is 0.306 e. The first-order valence-corrected chi connectivity index (χ1v) is 10.3. The fourth-order valence-electron chi connectivity index (χ4n) is 3.86. The lowest BCUT2D eigenvalue weighted by Gasteiger charge is -2.18. The molecule has 0 heterocycles. The summed E-state index contributed by atoms with van der Waals surface area (Å²) < 4.78 is 5.14. The van der Waals surface area contributed by atoms with Crippen LogP contribution in [0.25, 0.3) is 0 Å². The van der Waals surface area contributed by atoms with E-state index in [4.69, 9.17) is 4.74 Å². The molecule has 0 aliphatic heterocycles. The lowest BCUT2D eigenvalue weighted by molar-refractivity contribution is -0.147. The predicted molar refractivity (Wildman–Crippen MR) is 98.9 cm³/mol. The number of ketones is 1. The number of hydrogen-bond acceptors (Lipinski definition) is 3. The van der Waals surface area contributed by atoms with Crippen LogP contribution in [-0.2, 0) is 14.3 Å². The molecule has 1 saturated carbocycles. The Morgan fingerprint density at radius 2 is 1.71 bits per heavy atom. The van der Waals surface area contributed by atoms with E-state index >= 15 is 0 Å². The normalized spacial score (nSPS) is 20.8. The van der Waals surface area contributed by atoms with Gasteiger partial charge in [-0.05, 0) is 45.4 Å². The third-order valence-corrected chi connectivity index (χ3v) is 5.19. The molecular formula is C21H38O3. The maximum absolute atomic E-state index is 12.1. The lowest BCUT2D eigenvalue weighted by atomic mass is 9.86. The summed E-state index contributed by atoms with van der Waals surface area (Å²) in [5.74, 6) is 1.41. The second-order valence-corrected chi connectivity index (χ2v) is 7.71. The molecule has 1 aliphatic rings. The van der Waals surface area contributed by atoms with Crippen molar-refractivity contribution in [2.75, 3.05) is 0 Å². The van der Waals surface area contributed by atoms with Crippen LogP contribution in [0.3, 0.4) is 0 Å². The van der Waals surface area contributed by atoms with Crippen molar-refractivity contribution in [3.8, 4) is 0 Å². The second-order valence-electron chi connectivity index (χ2n) is 7.71. The van der Waals surface area contributed by atoms with Crippen molar-refractivity contribution in [3.05, 3.63) is 0 Å². The molecule has 0 bridgehead atoms. The molecule has 0 aromatic rings. The number of Topliss-reactive ketones (excluding diaryl/α,β-unsaturated/α-hetero) is 1. The van der Waals surface area contributed by atoms with Gasteiger partial charge in [0, 0.05) is 18.8 Å². The van der Waals surface area contributed by atoms with Crippen molar-refractivity contribution in [2.45, 2.75) is 110 Å². The maximum atomic E-state index is 12.1. The van der Waals surface area contributed by atoms with Crippen LogP contribution >= 0.6 is 0 Å². The molecule has 2 atom stereocenters. The molecule has 1 fully saturated rings. The Hall–Kier alpha value is -0.860. The van der Waals surface area contributed by atoms with Gasteiger partial charge in [0.15, 0.2) is 0 Å². The Morgan fingerprint density at radius 1 is 1.04 bits per heavy atom. The fraction of sp³-hybridized carbons (Fsp3) is 0.905. The van der Waals surface area contributed by atoms with E-state index in [2.05, 4.69) is 6.92 Å². The van der Waals surface area contributed by atoms with Gasteiger partial charge in [0.1, 0.15) is 5.78 Å². The molecule has 0 radical (unpaired) electrons. The number of ether oxygens (including phenoxy) is 1. The number of carbonyl (C=O) groups is 2. The molecule has 0 N–H and O–H groups in total. The number of unbranched alkanes of at least 4 members (excludes halogenated alkanes) is 6. The van der Waals surface area contributed by atoms with E-state index in [-0.39, 0.29) is 12.1 Å². The van der Waals surface area contributed by atoms with Gasteiger partial charge in [-0.1, -0.05) is 51.9 Å². The highest BCUT2D eigenvalue weighted by Gasteiger charge is 2.33. The van der Waals surface area contributed by atoms with Crippen LogP contribution in [0.4, 0.5) is 0 Å². The average molecular weight is 339 g/mol. The van der Waals surface area contributed by atoms with Gasteiger partial charge in [-0.15, -0.1) is 0 Å². The first-order chi connectivity index (χ1) is 11.5. The van der Waals surface area contributed by atoms with Crippen LogP contribution in [0.2, 0.25) is 0 Å². The first kappa shape index (κ1) is 21.2. The summed E-state index contributed by atoms with van der Waals surface area (Å²) >= 11 is 0. The van der Waals surface area contributed by atoms with Gasteiger partial charge in [-0.2, -0.15) is 0 Å². The minimum Gasteiger partial charge on any atom is -0.463 e. The van der Waals surface area contributed by atoms with Crippen LogP contribution in [-0.4, -0.2) is 17.9 Å². The molecular weight excluding hydrogens is 300 g/mol. The highest BCUT2D eigenvalue weighted by atomic mass is 16.5. The number of hydrogen-bond donors (Lipinski definition) is 0. The molecule has 0 unspecified atom stereocenters. The van der Waals surface area contributed by atoms with Crippen molar-refractivity contribution >= 4 is 11.8 Å². The van der Waals surface area contributed by atoms with Crippen LogP contribution in [0.15, 0.2) is 0 Å². The minimum atomic E-state index is -0.0805. The highest BCUT2D eigenvalue weighted by molar-refractivity contribution is 5.83. The van der Waals surface area contributed by atoms with E-state index < -0.39 is 0 Å². The van der Waals surface area contributed by atoms with Gasteiger partial charge >= 0.3 is 5.97 Å². The van der Waals surface area contributed by atoms with Gasteiger partial charge < -0.3 is 4.74 Å². The van der Waals surface area contributed by atoms with Gasteiger partial charge in [0.05, 0.1) is 6.10 Å². The minimum absolute atomic E-state index is 0.0138. The molecule has 0 spiro atoms. The molecule has 3 nitrogen and oxygen atoms in total. The summed E-state index contributed by atoms with van der Waals surface area (Å²) in [6.45, 7) is 6.01. The predicted octanol–water partition coefficient (Wildman–Crippen LogP) is 5.84. The zero-order valence-corrected chi connectivity index (χ0v) is 16.1. The zero-order valence-electron chi connectivity index (χ0n) is 16.1. The first-order valence-electron chi connectivity index (χ1n) is 10.3. The lowest BCUT2D eigenvalue weighted by Crippen LogP contribution is -2.15. The molecule has 0 amide bonds. The van der Waals surface area contributed by atoms with Crippen molar-refractivity contribution in [2.24, 2.45) is 11.8 Å². The standard InChI is InChI=1S/C21H38O3/c1-4-5-6-9-12-18-15-16-20(22)19(18)13-10-7-8-11-14-21(23)24-17(2)3/h17-19H,4-16H2,1-3H3/t18-,19+/m0/s1. The molecule has 3 heteroatoms. The Kier molecular flexibility index (Phi) is 11.0. The summed E-state index contributed by atoms with van der Waals surface area (Å²) in [6, 6.07) is 0. The summed E-state index contributed by atoms with van der Waals surface area (Å²) in [5, 5.41) is 0. The number of rotatable bonds is 13. The highest BCUT2D eigenvalue weighted by Crippen LogP contribution is 2.36. The van der Waals surface area contributed by atoms with E-state index in [0.29, 0.717) is 24.0 Å². The molecule has 24 heavy (non-hydrogen) atoms. The molecule has 1 aliphatic carbocycles. The molecule has 0 aromatic carbocycles. The number of carbonyl (C=O) groups excluding carboxylic acids is 2. The molecule has 140 valence electrons. The van der Waals surface area contributed by atoms with E-state index in [9.17, 15) is 9.59 Å². The van der Waals surface area contributed by atoms with Crippen LogP contribution in [0, 0.1) is 11.8 Å². The second kappa shape index (κ2) is 12.5. The monoisotopic (exact) mass is 338 g/mol. The largest absolute Gasteiger partial charge is 0.463 e. The number of esters is 1. The van der Waals surface area contributed by atoms with Crippen molar-refractivity contribution in [1.29, 1.82) is 0 Å². The van der Waals surface area contributed by atoms with Gasteiger partial charge in [-0.25, -0.2) is 0 Å².